The highest BCUT2D eigenvalue weighted by Gasteiger charge is 2.26. The van der Waals surface area contributed by atoms with Crippen molar-refractivity contribution in [3.05, 3.63) is 21.4 Å². The lowest BCUT2D eigenvalue weighted by Gasteiger charge is -2.24. The smallest absolute Gasteiger partial charge is 0.243 e. The Labute approximate surface area is 144 Å². The number of nitrogens with one attached hydrogen (secondary N) is 2. The van der Waals surface area contributed by atoms with Crippen LogP contribution in [0.2, 0.25) is 0 Å². The third kappa shape index (κ3) is 5.98. The van der Waals surface area contributed by atoms with Crippen molar-refractivity contribution in [2.45, 2.75) is 67.0 Å². The zero-order chi connectivity index (χ0) is 17.7. The van der Waals surface area contributed by atoms with Crippen molar-refractivity contribution in [2.24, 2.45) is 11.8 Å². The highest BCUT2D eigenvalue weighted by molar-refractivity contribution is 7.12. The second-order valence-corrected chi connectivity index (χ2v) is 8.45. The van der Waals surface area contributed by atoms with E-state index in [1.54, 1.807) is 11.3 Å². The lowest BCUT2D eigenvalue weighted by molar-refractivity contribution is -0.130. The summed E-state index contributed by atoms with van der Waals surface area (Å²) in [6, 6.07) is 1.56. The Hall–Kier alpha value is -1.36. The quantitative estimate of drug-likeness (QED) is 0.796. The molecule has 0 fully saturated rings. The minimum absolute atomic E-state index is 0.0450. The molecule has 1 aromatic heterocycles. The molecule has 0 aromatic carbocycles. The van der Waals surface area contributed by atoms with E-state index in [9.17, 15) is 9.59 Å². The summed E-state index contributed by atoms with van der Waals surface area (Å²) in [5.41, 5.74) is 1.15. The monoisotopic (exact) mass is 338 g/mol. The van der Waals surface area contributed by atoms with Gasteiger partial charge in [0.2, 0.25) is 11.8 Å². The molecule has 130 valence electrons. The molecule has 0 saturated carbocycles. The Morgan fingerprint density at radius 2 is 1.70 bits per heavy atom. The fourth-order valence-corrected chi connectivity index (χ4v) is 3.62. The second-order valence-electron chi connectivity index (χ2n) is 6.99. The summed E-state index contributed by atoms with van der Waals surface area (Å²) in [4.78, 5) is 27.0. The molecule has 0 aliphatic heterocycles. The van der Waals surface area contributed by atoms with E-state index in [4.69, 9.17) is 0 Å². The maximum Gasteiger partial charge on any atom is 0.243 e. The topological polar surface area (TPSA) is 58.2 Å². The third-order valence-corrected chi connectivity index (χ3v) is 4.75. The van der Waals surface area contributed by atoms with Gasteiger partial charge in [-0.15, -0.1) is 11.3 Å². The van der Waals surface area contributed by atoms with Crippen molar-refractivity contribution in [2.75, 3.05) is 0 Å². The Morgan fingerprint density at radius 3 is 2.13 bits per heavy atom. The molecule has 1 heterocycles. The van der Waals surface area contributed by atoms with Crippen molar-refractivity contribution >= 4 is 23.2 Å². The van der Waals surface area contributed by atoms with Gasteiger partial charge in [-0.25, -0.2) is 0 Å². The van der Waals surface area contributed by atoms with Gasteiger partial charge in [0.15, 0.2) is 0 Å². The van der Waals surface area contributed by atoms with Gasteiger partial charge in [-0.2, -0.15) is 0 Å². The molecule has 0 spiro atoms. The average molecular weight is 339 g/mol. The largest absolute Gasteiger partial charge is 0.348 e. The molecule has 0 radical (unpaired) electrons. The Balaban J connectivity index is 2.74. The van der Waals surface area contributed by atoms with Crippen LogP contribution in [-0.2, 0) is 9.59 Å². The second kappa shape index (κ2) is 8.48. The molecule has 0 saturated heterocycles. The van der Waals surface area contributed by atoms with Gasteiger partial charge in [0.1, 0.15) is 6.04 Å². The minimum Gasteiger partial charge on any atom is -0.348 e. The van der Waals surface area contributed by atoms with Gasteiger partial charge in [0.05, 0.1) is 6.04 Å². The molecule has 2 N–H and O–H groups in total. The van der Waals surface area contributed by atoms with Crippen LogP contribution in [0.25, 0.3) is 0 Å². The van der Waals surface area contributed by atoms with Crippen LogP contribution in [0, 0.1) is 25.7 Å². The lowest BCUT2D eigenvalue weighted by atomic mass is 10.0. The van der Waals surface area contributed by atoms with Gasteiger partial charge in [0, 0.05) is 16.2 Å². The maximum atomic E-state index is 12.6. The highest BCUT2D eigenvalue weighted by Crippen LogP contribution is 2.26. The molecule has 2 atom stereocenters. The predicted molar refractivity (Wildman–Crippen MR) is 96.6 cm³/mol. The zero-order valence-corrected chi connectivity index (χ0v) is 16.1. The van der Waals surface area contributed by atoms with Crippen molar-refractivity contribution < 1.29 is 9.59 Å². The van der Waals surface area contributed by atoms with Crippen molar-refractivity contribution in [1.82, 2.24) is 10.6 Å². The van der Waals surface area contributed by atoms with E-state index in [2.05, 4.69) is 30.5 Å². The first kappa shape index (κ1) is 19.7. The first-order chi connectivity index (χ1) is 10.6. The molecule has 5 heteroatoms. The number of thiophene rings is 1. The molecule has 2 amide bonds. The summed E-state index contributed by atoms with van der Waals surface area (Å²) in [7, 11) is 0. The molecule has 4 nitrogen and oxygen atoms in total. The van der Waals surface area contributed by atoms with Crippen LogP contribution in [0.4, 0.5) is 0 Å². The molecule has 1 aromatic rings. The molecule has 23 heavy (non-hydrogen) atoms. The normalized spacial score (nSPS) is 14.0. The van der Waals surface area contributed by atoms with Gasteiger partial charge in [-0.1, -0.05) is 27.7 Å². The number of aryl methyl sites for hydroxylation is 2. The first-order valence-electron chi connectivity index (χ1n) is 8.28. The van der Waals surface area contributed by atoms with Gasteiger partial charge < -0.3 is 10.6 Å². The summed E-state index contributed by atoms with van der Waals surface area (Å²) in [5, 5.41) is 5.92. The van der Waals surface area contributed by atoms with E-state index in [0.717, 1.165) is 5.56 Å². The average Bonchev–Trinajstić information content (AvgIpc) is 2.73. The van der Waals surface area contributed by atoms with E-state index in [1.165, 1.54) is 9.75 Å². The van der Waals surface area contributed by atoms with Gasteiger partial charge in [-0.3, -0.25) is 9.59 Å². The summed E-state index contributed by atoms with van der Waals surface area (Å²) < 4.78 is 0. The number of hydrogen-bond donors (Lipinski definition) is 2. The van der Waals surface area contributed by atoms with Crippen LogP contribution in [0.5, 0.6) is 0 Å². The maximum absolute atomic E-state index is 12.6. The fourth-order valence-electron chi connectivity index (χ4n) is 2.60. The van der Waals surface area contributed by atoms with Crippen LogP contribution in [0.15, 0.2) is 6.07 Å². The van der Waals surface area contributed by atoms with Crippen molar-refractivity contribution in [3.8, 4) is 0 Å². The number of carbonyl (C=O) groups is 2. The molecular formula is C18H30N2O2S. The van der Waals surface area contributed by atoms with Gasteiger partial charge in [-0.05, 0) is 44.2 Å². The van der Waals surface area contributed by atoms with Crippen LogP contribution < -0.4 is 10.6 Å². The Kier molecular flexibility index (Phi) is 7.26. The molecule has 0 bridgehead atoms. The molecule has 0 aliphatic rings. The summed E-state index contributed by atoms with van der Waals surface area (Å²) >= 11 is 1.74. The number of amides is 2. The highest BCUT2D eigenvalue weighted by atomic mass is 32.1. The minimum atomic E-state index is -0.497. The van der Waals surface area contributed by atoms with Crippen LogP contribution in [-0.4, -0.2) is 17.9 Å². The SMILES string of the molecule is Cc1cc(C(C)NC(=O)C(NC(=O)CC(C)C)C(C)C)c(C)s1. The van der Waals surface area contributed by atoms with E-state index < -0.39 is 6.04 Å². The Bertz CT molecular complexity index is 549. The van der Waals surface area contributed by atoms with Crippen molar-refractivity contribution in [3.63, 3.8) is 0 Å². The van der Waals surface area contributed by atoms with E-state index >= 15 is 0 Å². The zero-order valence-electron chi connectivity index (χ0n) is 15.3. The van der Waals surface area contributed by atoms with Gasteiger partial charge >= 0.3 is 0 Å². The van der Waals surface area contributed by atoms with Crippen LogP contribution >= 0.6 is 11.3 Å². The molecular weight excluding hydrogens is 308 g/mol. The number of hydrogen-bond acceptors (Lipinski definition) is 3. The predicted octanol–water partition coefficient (Wildman–Crippen LogP) is 3.73. The van der Waals surface area contributed by atoms with Gasteiger partial charge in [0.25, 0.3) is 0 Å². The number of carbonyl (C=O) groups excluding carboxylic acids is 2. The third-order valence-electron chi connectivity index (χ3n) is 3.76. The Morgan fingerprint density at radius 1 is 1.09 bits per heavy atom. The molecule has 2 unspecified atom stereocenters. The van der Waals surface area contributed by atoms with E-state index in [1.807, 2.05) is 34.6 Å². The summed E-state index contributed by atoms with van der Waals surface area (Å²) in [5.74, 6) is 0.141. The lowest BCUT2D eigenvalue weighted by Crippen LogP contribution is -2.50. The first-order valence-corrected chi connectivity index (χ1v) is 9.10. The molecule has 1 rings (SSSR count). The number of rotatable bonds is 7. The van der Waals surface area contributed by atoms with Crippen LogP contribution in [0.3, 0.4) is 0 Å². The summed E-state index contributed by atoms with van der Waals surface area (Å²) in [6.45, 7) is 14.0. The van der Waals surface area contributed by atoms with E-state index in [0.29, 0.717) is 6.42 Å². The summed E-state index contributed by atoms with van der Waals surface area (Å²) in [6.07, 6.45) is 0.439. The molecule has 0 aliphatic carbocycles. The fraction of sp³-hybridized carbons (Fsp3) is 0.667. The van der Waals surface area contributed by atoms with E-state index in [-0.39, 0.29) is 29.7 Å². The standard InChI is InChI=1S/C18H30N2O2S/c1-10(2)8-16(21)20-17(11(3)4)18(22)19-13(6)15-9-12(5)23-14(15)7/h9-11,13,17H,8H2,1-7H3,(H,19,22)(H,20,21). The van der Waals surface area contributed by atoms with Crippen LogP contribution in [0.1, 0.15) is 62.4 Å². The van der Waals surface area contributed by atoms with Crippen molar-refractivity contribution in [1.29, 1.82) is 0 Å².